The molecular formula is C20H23N6O2+. The lowest BCUT2D eigenvalue weighted by atomic mass is 10.2. The first-order valence-electron chi connectivity index (χ1n) is 8.92. The van der Waals surface area contributed by atoms with Gasteiger partial charge in [-0.1, -0.05) is 41.4 Å². The third-order valence-electron chi connectivity index (χ3n) is 3.93. The topological polar surface area (TPSA) is 109 Å². The molecule has 4 N–H and O–H groups in total. The molecule has 0 saturated heterocycles. The van der Waals surface area contributed by atoms with Gasteiger partial charge in [-0.05, 0) is 17.7 Å². The Balaban J connectivity index is 1.59. The van der Waals surface area contributed by atoms with Crippen LogP contribution < -0.4 is 16.5 Å². The summed E-state index contributed by atoms with van der Waals surface area (Å²) in [4.78, 5) is 19.9. The Morgan fingerprint density at radius 3 is 2.75 bits per heavy atom. The molecule has 0 fully saturated rings. The van der Waals surface area contributed by atoms with Gasteiger partial charge in [-0.3, -0.25) is 10.6 Å². The van der Waals surface area contributed by atoms with E-state index in [1.165, 1.54) is 23.4 Å². The lowest BCUT2D eigenvalue weighted by Crippen LogP contribution is -2.26. The third kappa shape index (κ3) is 5.41. The van der Waals surface area contributed by atoms with E-state index < -0.39 is 0 Å². The Morgan fingerprint density at radius 1 is 1.14 bits per heavy atom. The number of aromatic nitrogens is 2. The number of amides is 1. The number of benzene rings is 1. The number of hydrogen-bond acceptors (Lipinski definition) is 5. The van der Waals surface area contributed by atoms with Crippen LogP contribution in [0, 0.1) is 0 Å². The monoisotopic (exact) mass is 379 g/mol. The molecule has 0 radical (unpaired) electrons. The fourth-order valence-corrected chi connectivity index (χ4v) is 2.52. The van der Waals surface area contributed by atoms with E-state index in [4.69, 9.17) is 10.3 Å². The first kappa shape index (κ1) is 19.1. The number of carbonyl (C=O) groups is 1. The molecule has 1 aromatic carbocycles. The molecule has 2 aromatic heterocycles. The summed E-state index contributed by atoms with van der Waals surface area (Å²) in [6.07, 6.45) is 3.99. The predicted molar refractivity (Wildman–Crippen MR) is 106 cm³/mol. The predicted octanol–water partition coefficient (Wildman–Crippen LogP) is 1.75. The summed E-state index contributed by atoms with van der Waals surface area (Å²) in [6, 6.07) is 15.9. The summed E-state index contributed by atoms with van der Waals surface area (Å²) in [5, 5.41) is 5.86. The second-order valence-electron chi connectivity index (χ2n) is 6.17. The Morgan fingerprint density at radius 2 is 1.96 bits per heavy atom. The van der Waals surface area contributed by atoms with Crippen LogP contribution in [0.5, 0.6) is 0 Å². The Labute approximate surface area is 163 Å². The van der Waals surface area contributed by atoms with Crippen LogP contribution in [0.1, 0.15) is 18.2 Å². The minimum absolute atomic E-state index is 0.106. The van der Waals surface area contributed by atoms with Crippen LogP contribution in [0.25, 0.3) is 11.4 Å². The molecule has 0 aliphatic rings. The summed E-state index contributed by atoms with van der Waals surface area (Å²) in [6.45, 7) is 2.56. The largest absolute Gasteiger partial charge is 0.461 e. The smallest absolute Gasteiger partial charge is 0.404 e. The van der Waals surface area contributed by atoms with Crippen LogP contribution in [0.4, 0.5) is 6.01 Å². The standard InChI is InChI=1S/C20H22N6O2/c1-15(27)23-12-17-8-5-9-18(24-17)19-13-28-20(25-19)26(21)14-22-11-10-16-6-3-2-4-7-16/h2-9,13-14H,10-12,21H2,1H3,(H,23,27)/p+1. The zero-order valence-corrected chi connectivity index (χ0v) is 15.6. The molecule has 2 heterocycles. The van der Waals surface area contributed by atoms with Crippen molar-refractivity contribution in [1.82, 2.24) is 20.6 Å². The molecule has 3 rings (SSSR count). The van der Waals surface area contributed by atoms with Gasteiger partial charge in [0.05, 0.1) is 18.8 Å². The average Bonchev–Trinajstić information content (AvgIpc) is 3.21. The second kappa shape index (κ2) is 9.31. The minimum Gasteiger partial charge on any atom is -0.404 e. The van der Waals surface area contributed by atoms with Crippen molar-refractivity contribution in [3.63, 3.8) is 0 Å². The van der Waals surface area contributed by atoms with Gasteiger partial charge >= 0.3 is 6.01 Å². The Hall–Kier alpha value is -3.68. The molecular weight excluding hydrogens is 356 g/mol. The number of nitrogens with zero attached hydrogens (tertiary/aromatic N) is 3. The normalized spacial score (nSPS) is 11.2. The SMILES string of the molecule is CC(=O)NCc1cccc(-c2coc([N+](N)=CNCCc3ccccc3)n2)n1. The van der Waals surface area contributed by atoms with E-state index in [-0.39, 0.29) is 11.9 Å². The summed E-state index contributed by atoms with van der Waals surface area (Å²) in [5.74, 6) is 5.86. The molecule has 8 heteroatoms. The van der Waals surface area contributed by atoms with Crippen molar-refractivity contribution < 1.29 is 13.9 Å². The zero-order chi connectivity index (χ0) is 19.8. The number of nitrogens with two attached hydrogens (primary N) is 1. The van der Waals surface area contributed by atoms with Crippen molar-refractivity contribution in [2.45, 2.75) is 19.9 Å². The highest BCUT2D eigenvalue weighted by Crippen LogP contribution is 2.19. The molecule has 0 atom stereocenters. The molecule has 3 aromatic rings. The van der Waals surface area contributed by atoms with Crippen molar-refractivity contribution in [2.24, 2.45) is 5.84 Å². The molecule has 0 aliphatic carbocycles. The summed E-state index contributed by atoms with van der Waals surface area (Å²) < 4.78 is 6.73. The van der Waals surface area contributed by atoms with Crippen LogP contribution >= 0.6 is 0 Å². The van der Waals surface area contributed by atoms with Crippen molar-refractivity contribution in [2.75, 3.05) is 6.54 Å². The highest BCUT2D eigenvalue weighted by atomic mass is 16.4. The molecule has 0 spiro atoms. The first-order chi connectivity index (χ1) is 13.6. The van der Waals surface area contributed by atoms with E-state index in [0.717, 1.165) is 18.7 Å². The van der Waals surface area contributed by atoms with Crippen LogP contribution in [0.15, 0.2) is 59.2 Å². The highest BCUT2D eigenvalue weighted by molar-refractivity contribution is 5.72. The van der Waals surface area contributed by atoms with Crippen LogP contribution in [0.3, 0.4) is 0 Å². The molecule has 0 saturated carbocycles. The number of hydrazine groups is 1. The maximum absolute atomic E-state index is 11.0. The van der Waals surface area contributed by atoms with Gasteiger partial charge in [0.15, 0.2) is 0 Å². The van der Waals surface area contributed by atoms with Crippen molar-refractivity contribution in [3.8, 4) is 11.4 Å². The van der Waals surface area contributed by atoms with E-state index >= 15 is 0 Å². The van der Waals surface area contributed by atoms with Crippen molar-refractivity contribution in [1.29, 1.82) is 0 Å². The lowest BCUT2D eigenvalue weighted by molar-refractivity contribution is -0.468. The second-order valence-corrected chi connectivity index (χ2v) is 6.17. The summed E-state index contributed by atoms with van der Waals surface area (Å²) in [7, 11) is 0. The van der Waals surface area contributed by atoms with Crippen molar-refractivity contribution >= 4 is 18.3 Å². The van der Waals surface area contributed by atoms with E-state index in [2.05, 4.69) is 32.7 Å². The molecule has 28 heavy (non-hydrogen) atoms. The van der Waals surface area contributed by atoms with Crippen molar-refractivity contribution in [3.05, 3.63) is 66.1 Å². The molecule has 8 nitrogen and oxygen atoms in total. The van der Waals surface area contributed by atoms with E-state index in [9.17, 15) is 4.79 Å². The van der Waals surface area contributed by atoms with Gasteiger partial charge in [0, 0.05) is 13.3 Å². The maximum Gasteiger partial charge on any atom is 0.461 e. The number of oxazole rings is 1. The van der Waals surface area contributed by atoms with Gasteiger partial charge < -0.3 is 15.1 Å². The molecule has 144 valence electrons. The lowest BCUT2D eigenvalue weighted by Gasteiger charge is -2.02. The fourth-order valence-electron chi connectivity index (χ4n) is 2.52. The quantitative estimate of drug-likeness (QED) is 0.137. The third-order valence-corrected chi connectivity index (χ3v) is 3.93. The number of hydrazone groups is 1. The Kier molecular flexibility index (Phi) is 6.35. The van der Waals surface area contributed by atoms with Crippen LogP contribution in [0.2, 0.25) is 0 Å². The highest BCUT2D eigenvalue weighted by Gasteiger charge is 2.16. The maximum atomic E-state index is 11.0. The van der Waals surface area contributed by atoms with E-state index in [0.29, 0.717) is 17.9 Å². The number of hydrogen-bond donors (Lipinski definition) is 3. The van der Waals surface area contributed by atoms with Gasteiger partial charge in [0.2, 0.25) is 17.9 Å². The number of rotatable bonds is 8. The zero-order valence-electron chi connectivity index (χ0n) is 15.6. The molecule has 0 unspecified atom stereocenters. The number of pyridine rings is 1. The van der Waals surface area contributed by atoms with E-state index in [1.54, 1.807) is 6.34 Å². The van der Waals surface area contributed by atoms with Gasteiger partial charge in [0.1, 0.15) is 12.0 Å². The molecule has 1 amide bonds. The Bertz CT molecular complexity index is 952. The first-order valence-corrected chi connectivity index (χ1v) is 8.92. The number of carbonyl (C=O) groups excluding carboxylic acids is 1. The van der Waals surface area contributed by atoms with Crippen LogP contribution in [-0.2, 0) is 17.8 Å². The minimum atomic E-state index is -0.106. The van der Waals surface area contributed by atoms with Gasteiger partial charge in [-0.2, -0.15) is 0 Å². The number of nitrogens with one attached hydrogen (secondary N) is 2. The van der Waals surface area contributed by atoms with Gasteiger partial charge in [-0.25, -0.2) is 4.98 Å². The fraction of sp³-hybridized carbons (Fsp3) is 0.200. The summed E-state index contributed by atoms with van der Waals surface area (Å²) >= 11 is 0. The van der Waals surface area contributed by atoms with Gasteiger partial charge in [-0.15, -0.1) is 4.68 Å². The van der Waals surface area contributed by atoms with E-state index in [1.807, 2.05) is 36.4 Å². The average molecular weight is 379 g/mol. The van der Waals surface area contributed by atoms with Crippen LogP contribution in [-0.4, -0.2) is 33.4 Å². The molecule has 0 bridgehead atoms. The molecule has 0 aliphatic heterocycles. The van der Waals surface area contributed by atoms with Gasteiger partial charge in [0.25, 0.3) is 0 Å². The summed E-state index contributed by atoms with van der Waals surface area (Å²) in [5.41, 5.74) is 3.18.